The third-order valence-electron chi connectivity index (χ3n) is 3.67. The Morgan fingerprint density at radius 1 is 1.11 bits per heavy atom. The van der Waals surface area contributed by atoms with Crippen LogP contribution in [-0.2, 0) is 17.9 Å². The van der Waals surface area contributed by atoms with Crippen LogP contribution in [0.5, 0.6) is 0 Å². The zero-order valence-corrected chi connectivity index (χ0v) is 14.7. The number of benzene rings is 2. The van der Waals surface area contributed by atoms with Crippen LogP contribution in [0.2, 0.25) is 0 Å². The molecule has 4 nitrogen and oxygen atoms in total. The van der Waals surface area contributed by atoms with Gasteiger partial charge in [-0.3, -0.25) is 0 Å². The van der Waals surface area contributed by atoms with Crippen molar-refractivity contribution in [1.82, 2.24) is 4.90 Å². The van der Waals surface area contributed by atoms with E-state index in [0.717, 1.165) is 5.56 Å². The van der Waals surface area contributed by atoms with Gasteiger partial charge in [0.05, 0.1) is 6.61 Å². The third-order valence-corrected chi connectivity index (χ3v) is 3.67. The Morgan fingerprint density at radius 2 is 1.78 bits per heavy atom. The number of alkyl halides is 4. The Kier molecular flexibility index (Phi) is 7.18. The van der Waals surface area contributed by atoms with Crippen LogP contribution in [0, 0.1) is 0 Å². The van der Waals surface area contributed by atoms with Gasteiger partial charge in [-0.2, -0.15) is 8.78 Å². The average Bonchev–Trinajstić information content (AvgIpc) is 2.62. The van der Waals surface area contributed by atoms with Crippen molar-refractivity contribution < 1.29 is 27.1 Å². The second-order valence-corrected chi connectivity index (χ2v) is 6.03. The van der Waals surface area contributed by atoms with Crippen LogP contribution in [0.4, 0.5) is 28.0 Å². The number of amides is 2. The zero-order chi connectivity index (χ0) is 19.9. The first-order chi connectivity index (χ1) is 12.8. The number of carbonyl (C=O) groups excluding carboxylic acids is 1. The highest BCUT2D eigenvalue weighted by Gasteiger charge is 2.40. The van der Waals surface area contributed by atoms with Gasteiger partial charge in [0.2, 0.25) is 0 Å². The molecule has 0 atom stereocenters. The summed E-state index contributed by atoms with van der Waals surface area (Å²) in [6.45, 7) is -1.23. The molecule has 0 aromatic heterocycles. The smallest absolute Gasteiger partial charge is 0.330 e. The summed E-state index contributed by atoms with van der Waals surface area (Å²) in [7, 11) is 1.64. The van der Waals surface area contributed by atoms with Gasteiger partial charge in [0.25, 0.3) is 0 Å². The summed E-state index contributed by atoms with van der Waals surface area (Å²) < 4.78 is 54.5. The van der Waals surface area contributed by atoms with Crippen LogP contribution in [0.25, 0.3) is 0 Å². The first kappa shape index (κ1) is 20.7. The van der Waals surface area contributed by atoms with E-state index in [2.05, 4.69) is 10.1 Å². The number of rotatable bonds is 8. The molecule has 2 rings (SSSR count). The highest BCUT2D eigenvalue weighted by atomic mass is 19.3. The van der Waals surface area contributed by atoms with E-state index in [0.29, 0.717) is 17.8 Å². The van der Waals surface area contributed by atoms with Gasteiger partial charge in [0.15, 0.2) is 0 Å². The van der Waals surface area contributed by atoms with Crippen LogP contribution < -0.4 is 5.32 Å². The molecule has 0 fully saturated rings. The molecule has 0 unspecified atom stereocenters. The molecule has 0 heterocycles. The lowest BCUT2D eigenvalue weighted by Crippen LogP contribution is -2.32. The minimum Gasteiger partial charge on any atom is -0.370 e. The lowest BCUT2D eigenvalue weighted by atomic mass is 10.2. The number of urea groups is 1. The molecule has 0 saturated heterocycles. The second kappa shape index (κ2) is 9.36. The van der Waals surface area contributed by atoms with E-state index in [1.807, 2.05) is 30.3 Å². The summed E-state index contributed by atoms with van der Waals surface area (Å²) in [6, 6.07) is 15.5. The fraction of sp³-hybridized carbons (Fsp3) is 0.316. The Bertz CT molecular complexity index is 741. The Morgan fingerprint density at radius 3 is 2.44 bits per heavy atom. The zero-order valence-electron chi connectivity index (χ0n) is 14.7. The topological polar surface area (TPSA) is 41.6 Å². The molecule has 0 radical (unpaired) electrons. The molecule has 0 bridgehead atoms. The molecular weight excluding hydrogens is 364 g/mol. The summed E-state index contributed by atoms with van der Waals surface area (Å²) in [5, 5.41) is 2.69. The summed E-state index contributed by atoms with van der Waals surface area (Å²) >= 11 is 0. The van der Waals surface area contributed by atoms with Crippen molar-refractivity contribution in [3.05, 3.63) is 65.7 Å². The standard InChI is InChI=1S/C19H20F4N2O2/c1-25(11-14-6-3-2-4-7-14)18(26)24-16-9-5-8-15(10-16)12-27-13-19(22,23)17(20)21/h2-10,17H,11-13H2,1H3,(H,24,26). The number of hydrogen-bond donors (Lipinski definition) is 1. The largest absolute Gasteiger partial charge is 0.370 e. The van der Waals surface area contributed by atoms with E-state index in [1.165, 1.54) is 11.0 Å². The van der Waals surface area contributed by atoms with Crippen molar-refractivity contribution in [2.75, 3.05) is 19.0 Å². The van der Waals surface area contributed by atoms with Gasteiger partial charge in [-0.05, 0) is 23.3 Å². The first-order valence-electron chi connectivity index (χ1n) is 8.16. The molecule has 1 N–H and O–H groups in total. The number of ether oxygens (including phenoxy) is 1. The van der Waals surface area contributed by atoms with Crippen molar-refractivity contribution in [3.8, 4) is 0 Å². The van der Waals surface area contributed by atoms with Crippen molar-refractivity contribution in [1.29, 1.82) is 0 Å². The van der Waals surface area contributed by atoms with Gasteiger partial charge >= 0.3 is 18.4 Å². The number of nitrogens with one attached hydrogen (secondary N) is 1. The number of anilines is 1. The predicted molar refractivity (Wildman–Crippen MR) is 94.0 cm³/mol. The van der Waals surface area contributed by atoms with Gasteiger partial charge < -0.3 is 15.0 Å². The lowest BCUT2D eigenvalue weighted by Gasteiger charge is -2.18. The molecule has 2 amide bonds. The molecule has 2 aromatic carbocycles. The summed E-state index contributed by atoms with van der Waals surface area (Å²) in [5.74, 6) is -4.19. The number of carbonyl (C=O) groups is 1. The Hall–Kier alpha value is -2.61. The number of halogens is 4. The fourth-order valence-corrected chi connectivity index (χ4v) is 2.25. The molecule has 0 aliphatic heterocycles. The van der Waals surface area contributed by atoms with Crippen LogP contribution in [-0.4, -0.2) is 36.9 Å². The number of hydrogen-bond acceptors (Lipinski definition) is 2. The summed E-state index contributed by atoms with van der Waals surface area (Å²) in [4.78, 5) is 13.7. The van der Waals surface area contributed by atoms with Crippen molar-refractivity contribution in [2.45, 2.75) is 25.5 Å². The highest BCUT2D eigenvalue weighted by molar-refractivity contribution is 5.89. The lowest BCUT2D eigenvalue weighted by molar-refractivity contribution is -0.168. The molecule has 0 aliphatic carbocycles. The Balaban J connectivity index is 1.88. The maximum absolute atomic E-state index is 12.8. The monoisotopic (exact) mass is 384 g/mol. The Labute approximate surface area is 154 Å². The summed E-state index contributed by atoms with van der Waals surface area (Å²) in [5.41, 5.74) is 1.89. The quantitative estimate of drug-likeness (QED) is 0.667. The third kappa shape index (κ3) is 6.56. The molecule has 0 saturated carbocycles. The van der Waals surface area contributed by atoms with Gasteiger partial charge in [0.1, 0.15) is 6.61 Å². The van der Waals surface area contributed by atoms with E-state index in [4.69, 9.17) is 0 Å². The molecule has 2 aromatic rings. The van der Waals surface area contributed by atoms with Crippen molar-refractivity contribution in [3.63, 3.8) is 0 Å². The van der Waals surface area contributed by atoms with Crippen LogP contribution in [0.3, 0.4) is 0 Å². The molecular formula is C19H20F4N2O2. The first-order valence-corrected chi connectivity index (χ1v) is 8.16. The van der Waals surface area contributed by atoms with E-state index < -0.39 is 19.0 Å². The maximum Gasteiger partial charge on any atom is 0.330 e. The normalized spacial score (nSPS) is 11.5. The van der Waals surface area contributed by atoms with Crippen molar-refractivity contribution in [2.24, 2.45) is 0 Å². The highest BCUT2D eigenvalue weighted by Crippen LogP contribution is 2.23. The molecule has 8 heteroatoms. The van der Waals surface area contributed by atoms with Gasteiger partial charge in [-0.1, -0.05) is 42.5 Å². The molecule has 27 heavy (non-hydrogen) atoms. The molecule has 0 spiro atoms. The molecule has 146 valence electrons. The van der Waals surface area contributed by atoms with Gasteiger partial charge in [0, 0.05) is 19.3 Å². The fourth-order valence-electron chi connectivity index (χ4n) is 2.25. The predicted octanol–water partition coefficient (Wildman–Crippen LogP) is 4.77. The summed E-state index contributed by atoms with van der Waals surface area (Å²) in [6.07, 6.45) is -3.77. The van der Waals surface area contributed by atoms with Gasteiger partial charge in [-0.25, -0.2) is 13.6 Å². The minimum absolute atomic E-state index is 0.272. The maximum atomic E-state index is 12.8. The average molecular weight is 384 g/mol. The SMILES string of the molecule is CN(Cc1ccccc1)C(=O)Nc1cccc(COCC(F)(F)C(F)F)c1. The van der Waals surface area contributed by atoms with Crippen LogP contribution in [0.1, 0.15) is 11.1 Å². The van der Waals surface area contributed by atoms with E-state index in [-0.39, 0.29) is 12.6 Å². The number of nitrogens with zero attached hydrogens (tertiary/aromatic N) is 1. The van der Waals surface area contributed by atoms with Crippen LogP contribution >= 0.6 is 0 Å². The second-order valence-electron chi connectivity index (χ2n) is 6.03. The van der Waals surface area contributed by atoms with Gasteiger partial charge in [-0.15, -0.1) is 0 Å². The minimum atomic E-state index is -4.19. The molecule has 0 aliphatic rings. The van der Waals surface area contributed by atoms with E-state index >= 15 is 0 Å². The van der Waals surface area contributed by atoms with E-state index in [9.17, 15) is 22.4 Å². The van der Waals surface area contributed by atoms with Crippen molar-refractivity contribution >= 4 is 11.7 Å². The van der Waals surface area contributed by atoms with E-state index in [1.54, 1.807) is 25.2 Å². The van der Waals surface area contributed by atoms with Crippen LogP contribution in [0.15, 0.2) is 54.6 Å².